The summed E-state index contributed by atoms with van der Waals surface area (Å²) in [5, 5.41) is -0.254. The lowest BCUT2D eigenvalue weighted by Crippen LogP contribution is -2.00. The van der Waals surface area contributed by atoms with Crippen molar-refractivity contribution in [1.82, 2.24) is 0 Å². The van der Waals surface area contributed by atoms with Crippen LogP contribution in [0.4, 0.5) is 0 Å². The van der Waals surface area contributed by atoms with Gasteiger partial charge in [0.25, 0.3) is 0 Å². The summed E-state index contributed by atoms with van der Waals surface area (Å²) in [4.78, 5) is 0. The molecule has 0 saturated carbocycles. The highest BCUT2D eigenvalue weighted by Gasteiger charge is 2.17. The molecule has 0 aliphatic rings. The Morgan fingerprint density at radius 2 is 1.43 bits per heavy atom. The summed E-state index contributed by atoms with van der Waals surface area (Å²) in [6.07, 6.45) is 0. The van der Waals surface area contributed by atoms with E-state index in [0.717, 1.165) is 22.4 Å². The van der Waals surface area contributed by atoms with Crippen molar-refractivity contribution in [3.8, 4) is 17.2 Å². The molecule has 1 unspecified atom stereocenters. The SMILES string of the molecule is COc1ccc(C(Cl)c2cc(OC)c(OC)cc2C)cc1. The molecule has 0 aliphatic heterocycles. The van der Waals surface area contributed by atoms with Crippen LogP contribution in [-0.4, -0.2) is 21.3 Å². The minimum absolute atomic E-state index is 0.254. The van der Waals surface area contributed by atoms with E-state index in [1.807, 2.05) is 43.3 Å². The Labute approximate surface area is 130 Å². The normalized spacial score (nSPS) is 11.9. The van der Waals surface area contributed by atoms with E-state index < -0.39 is 0 Å². The first-order valence-corrected chi connectivity index (χ1v) is 7.05. The first-order valence-electron chi connectivity index (χ1n) is 6.61. The molecule has 2 aromatic carbocycles. The number of aryl methyl sites for hydroxylation is 1. The van der Waals surface area contributed by atoms with E-state index in [1.165, 1.54) is 0 Å². The lowest BCUT2D eigenvalue weighted by atomic mass is 9.99. The highest BCUT2D eigenvalue weighted by atomic mass is 35.5. The molecule has 0 radical (unpaired) electrons. The molecule has 2 aromatic rings. The number of ether oxygens (including phenoxy) is 3. The number of halogens is 1. The Bertz CT molecular complexity index is 608. The number of alkyl halides is 1. The van der Waals surface area contributed by atoms with Gasteiger partial charge in [0.15, 0.2) is 11.5 Å². The van der Waals surface area contributed by atoms with E-state index in [0.29, 0.717) is 11.5 Å². The van der Waals surface area contributed by atoms with Crippen LogP contribution < -0.4 is 14.2 Å². The molecule has 112 valence electrons. The highest BCUT2D eigenvalue weighted by molar-refractivity contribution is 6.22. The van der Waals surface area contributed by atoms with Crippen molar-refractivity contribution >= 4 is 11.6 Å². The molecule has 21 heavy (non-hydrogen) atoms. The van der Waals surface area contributed by atoms with Crippen LogP contribution in [-0.2, 0) is 0 Å². The average molecular weight is 307 g/mol. The van der Waals surface area contributed by atoms with Crippen molar-refractivity contribution in [3.05, 3.63) is 53.1 Å². The summed E-state index contributed by atoms with van der Waals surface area (Å²) in [7, 11) is 4.89. The summed E-state index contributed by atoms with van der Waals surface area (Å²) in [6, 6.07) is 11.6. The van der Waals surface area contributed by atoms with Gasteiger partial charge in [-0.3, -0.25) is 0 Å². The van der Waals surface area contributed by atoms with E-state index in [4.69, 9.17) is 25.8 Å². The summed E-state index contributed by atoms with van der Waals surface area (Å²) < 4.78 is 15.8. The predicted octanol–water partition coefficient (Wildman–Crippen LogP) is 4.35. The Kier molecular flexibility index (Phi) is 4.97. The Balaban J connectivity index is 2.39. The maximum absolute atomic E-state index is 6.62. The highest BCUT2D eigenvalue weighted by Crippen LogP contribution is 2.38. The second-order valence-corrected chi connectivity index (χ2v) is 5.14. The molecular formula is C17H19ClO3. The lowest BCUT2D eigenvalue weighted by molar-refractivity contribution is 0.354. The molecule has 0 fully saturated rings. The summed E-state index contributed by atoms with van der Waals surface area (Å²) in [5.41, 5.74) is 3.07. The van der Waals surface area contributed by atoms with Gasteiger partial charge in [-0.25, -0.2) is 0 Å². The summed E-state index contributed by atoms with van der Waals surface area (Å²) in [6.45, 7) is 2.01. The van der Waals surface area contributed by atoms with Crippen molar-refractivity contribution in [2.24, 2.45) is 0 Å². The van der Waals surface area contributed by atoms with E-state index in [-0.39, 0.29) is 5.38 Å². The standard InChI is InChI=1S/C17H19ClO3/c1-11-9-15(20-3)16(21-4)10-14(11)17(18)12-5-7-13(19-2)8-6-12/h5-10,17H,1-4H3. The van der Waals surface area contributed by atoms with Gasteiger partial charge < -0.3 is 14.2 Å². The van der Waals surface area contributed by atoms with Crippen molar-refractivity contribution in [2.45, 2.75) is 12.3 Å². The van der Waals surface area contributed by atoms with Crippen LogP contribution in [0.25, 0.3) is 0 Å². The first kappa shape index (κ1) is 15.5. The van der Waals surface area contributed by atoms with Gasteiger partial charge in [-0.2, -0.15) is 0 Å². The minimum atomic E-state index is -0.254. The zero-order valence-electron chi connectivity index (χ0n) is 12.6. The Morgan fingerprint density at radius 1 is 0.857 bits per heavy atom. The molecule has 1 atom stereocenters. The van der Waals surface area contributed by atoms with Crippen LogP contribution in [0.2, 0.25) is 0 Å². The van der Waals surface area contributed by atoms with Crippen molar-refractivity contribution in [2.75, 3.05) is 21.3 Å². The fourth-order valence-electron chi connectivity index (χ4n) is 2.22. The molecule has 0 aromatic heterocycles. The van der Waals surface area contributed by atoms with Crippen LogP contribution >= 0.6 is 11.6 Å². The number of hydrogen-bond donors (Lipinski definition) is 0. The minimum Gasteiger partial charge on any atom is -0.497 e. The monoisotopic (exact) mass is 306 g/mol. The van der Waals surface area contributed by atoms with Gasteiger partial charge in [-0.15, -0.1) is 11.6 Å². The van der Waals surface area contributed by atoms with Crippen LogP contribution in [0.1, 0.15) is 22.1 Å². The van der Waals surface area contributed by atoms with Gasteiger partial charge in [0.05, 0.1) is 26.7 Å². The second-order valence-electron chi connectivity index (χ2n) is 4.70. The number of methoxy groups -OCH3 is 3. The van der Waals surface area contributed by atoms with Crippen LogP contribution in [0.15, 0.2) is 36.4 Å². The van der Waals surface area contributed by atoms with E-state index in [2.05, 4.69) is 0 Å². The zero-order valence-corrected chi connectivity index (χ0v) is 13.4. The number of rotatable bonds is 5. The maximum atomic E-state index is 6.62. The van der Waals surface area contributed by atoms with E-state index in [1.54, 1.807) is 21.3 Å². The van der Waals surface area contributed by atoms with Gasteiger partial charge in [-0.05, 0) is 47.9 Å². The fourth-order valence-corrected chi connectivity index (χ4v) is 2.60. The number of benzene rings is 2. The third-order valence-corrected chi connectivity index (χ3v) is 3.94. The second kappa shape index (κ2) is 6.72. The number of hydrogen-bond acceptors (Lipinski definition) is 3. The molecule has 0 N–H and O–H groups in total. The fraction of sp³-hybridized carbons (Fsp3) is 0.294. The predicted molar refractivity (Wildman–Crippen MR) is 85.0 cm³/mol. The quantitative estimate of drug-likeness (QED) is 0.769. The molecule has 4 heteroatoms. The lowest BCUT2D eigenvalue weighted by Gasteiger charge is -2.17. The van der Waals surface area contributed by atoms with Crippen LogP contribution in [0.5, 0.6) is 17.2 Å². The van der Waals surface area contributed by atoms with Gasteiger partial charge in [-0.1, -0.05) is 12.1 Å². The largest absolute Gasteiger partial charge is 0.497 e. The molecule has 0 spiro atoms. The van der Waals surface area contributed by atoms with Crippen molar-refractivity contribution < 1.29 is 14.2 Å². The molecule has 2 rings (SSSR count). The van der Waals surface area contributed by atoms with Gasteiger partial charge in [0.2, 0.25) is 0 Å². The van der Waals surface area contributed by atoms with Crippen LogP contribution in [0, 0.1) is 6.92 Å². The molecular weight excluding hydrogens is 288 g/mol. The van der Waals surface area contributed by atoms with Gasteiger partial charge >= 0.3 is 0 Å². The molecule has 0 bridgehead atoms. The van der Waals surface area contributed by atoms with E-state index in [9.17, 15) is 0 Å². The Hall–Kier alpha value is -1.87. The van der Waals surface area contributed by atoms with Gasteiger partial charge in [0.1, 0.15) is 5.75 Å². The van der Waals surface area contributed by atoms with Gasteiger partial charge in [0, 0.05) is 0 Å². The smallest absolute Gasteiger partial charge is 0.161 e. The molecule has 0 heterocycles. The Morgan fingerprint density at radius 3 is 1.95 bits per heavy atom. The maximum Gasteiger partial charge on any atom is 0.161 e. The van der Waals surface area contributed by atoms with Crippen molar-refractivity contribution in [1.29, 1.82) is 0 Å². The molecule has 0 saturated heterocycles. The summed E-state index contributed by atoms with van der Waals surface area (Å²) >= 11 is 6.62. The third kappa shape index (κ3) is 3.24. The van der Waals surface area contributed by atoms with Crippen LogP contribution in [0.3, 0.4) is 0 Å². The third-order valence-electron chi connectivity index (χ3n) is 3.45. The molecule has 0 amide bonds. The zero-order chi connectivity index (χ0) is 15.4. The van der Waals surface area contributed by atoms with E-state index >= 15 is 0 Å². The summed E-state index contributed by atoms with van der Waals surface area (Å²) in [5.74, 6) is 2.20. The molecule has 0 aliphatic carbocycles. The topological polar surface area (TPSA) is 27.7 Å². The molecule has 3 nitrogen and oxygen atoms in total. The van der Waals surface area contributed by atoms with Crippen molar-refractivity contribution in [3.63, 3.8) is 0 Å². The average Bonchev–Trinajstić information content (AvgIpc) is 2.54. The first-order chi connectivity index (χ1) is 10.1.